The van der Waals surface area contributed by atoms with E-state index >= 15 is 0 Å². The largest absolute Gasteiger partial charge is 0.503 e. The van der Waals surface area contributed by atoms with Crippen LogP contribution in [-0.4, -0.2) is 63.2 Å². The molecule has 8 heteroatoms. The number of rotatable bonds is 6. The van der Waals surface area contributed by atoms with Crippen molar-refractivity contribution < 1.29 is 14.7 Å². The van der Waals surface area contributed by atoms with Gasteiger partial charge in [0.25, 0.3) is 5.91 Å². The Labute approximate surface area is 195 Å². The third kappa shape index (κ3) is 3.42. The van der Waals surface area contributed by atoms with Crippen LogP contribution in [0.5, 0.6) is 0 Å². The first-order valence-corrected chi connectivity index (χ1v) is 11.5. The molecular weight excluding hydrogens is 436 g/mol. The van der Waals surface area contributed by atoms with E-state index in [-0.39, 0.29) is 11.4 Å². The van der Waals surface area contributed by atoms with E-state index in [0.29, 0.717) is 22.9 Å². The highest BCUT2D eigenvalue weighted by molar-refractivity contribution is 7.19. The topological polar surface area (TPSA) is 78.2 Å². The number of aromatic nitrogens is 2. The van der Waals surface area contributed by atoms with Gasteiger partial charge in [0, 0.05) is 18.8 Å². The third-order valence-corrected chi connectivity index (χ3v) is 7.19. The van der Waals surface area contributed by atoms with E-state index in [1.165, 1.54) is 11.3 Å². The molecule has 2 aromatic heterocycles. The molecule has 1 aliphatic heterocycles. The Hall–Kier alpha value is -3.49. The highest BCUT2D eigenvalue weighted by Gasteiger charge is 2.44. The number of nitrogens with zero attached hydrogens (tertiary/aromatic N) is 4. The van der Waals surface area contributed by atoms with E-state index in [1.54, 1.807) is 4.90 Å². The Bertz CT molecular complexity index is 1420. The number of likely N-dealkylation sites (N-methyl/N-ethyl adjacent to an activating group) is 1. The summed E-state index contributed by atoms with van der Waals surface area (Å²) in [6.07, 6.45) is 0. The van der Waals surface area contributed by atoms with Crippen molar-refractivity contribution in [3.63, 3.8) is 0 Å². The maximum absolute atomic E-state index is 13.9. The number of aliphatic hydroxyl groups is 1. The van der Waals surface area contributed by atoms with Gasteiger partial charge in [-0.3, -0.25) is 14.0 Å². The van der Waals surface area contributed by atoms with Gasteiger partial charge in [-0.15, -0.1) is 0 Å². The fourth-order valence-corrected chi connectivity index (χ4v) is 5.50. The quantitative estimate of drug-likeness (QED) is 0.440. The van der Waals surface area contributed by atoms with E-state index in [1.807, 2.05) is 84.9 Å². The van der Waals surface area contributed by atoms with E-state index in [9.17, 15) is 14.7 Å². The Morgan fingerprint density at radius 1 is 1.12 bits per heavy atom. The van der Waals surface area contributed by atoms with Crippen molar-refractivity contribution in [2.75, 3.05) is 27.2 Å². The van der Waals surface area contributed by atoms with Crippen LogP contribution in [0.2, 0.25) is 0 Å². The minimum absolute atomic E-state index is 0.127. The van der Waals surface area contributed by atoms with Gasteiger partial charge in [-0.05, 0) is 38.7 Å². The van der Waals surface area contributed by atoms with Crippen molar-refractivity contribution in [3.05, 3.63) is 82.1 Å². The number of ketones is 1. The van der Waals surface area contributed by atoms with Gasteiger partial charge in [0.2, 0.25) is 5.78 Å². The van der Waals surface area contributed by atoms with Crippen molar-refractivity contribution in [1.29, 1.82) is 0 Å². The number of amides is 1. The Balaban J connectivity index is 1.62. The maximum Gasteiger partial charge on any atom is 0.290 e. The standard InChI is InChI=1S/C25H24N4O3S/c1-15-23(33-25-26-17-11-7-8-12-18(17)29(15)25)21(30)19-20(16-9-5-4-6-10-16)28(14-13-27(2)3)24(32)22(19)31/h4-12,20,31H,13-14H2,1-3H3. The molecule has 33 heavy (non-hydrogen) atoms. The Kier molecular flexibility index (Phi) is 5.26. The predicted molar refractivity (Wildman–Crippen MR) is 129 cm³/mol. The van der Waals surface area contributed by atoms with Crippen LogP contribution in [0.4, 0.5) is 0 Å². The van der Waals surface area contributed by atoms with Crippen LogP contribution in [0.25, 0.3) is 16.0 Å². The molecule has 1 aliphatic rings. The van der Waals surface area contributed by atoms with Crippen molar-refractivity contribution in [1.82, 2.24) is 19.2 Å². The summed E-state index contributed by atoms with van der Waals surface area (Å²) in [5, 5.41) is 10.9. The molecule has 3 heterocycles. The second-order valence-corrected chi connectivity index (χ2v) is 9.42. The number of hydrogen-bond acceptors (Lipinski definition) is 6. The number of thiazole rings is 1. The van der Waals surface area contributed by atoms with Crippen LogP contribution in [0.1, 0.15) is 27.0 Å². The number of fused-ring (bicyclic) bond motifs is 3. The molecule has 0 bridgehead atoms. The van der Waals surface area contributed by atoms with Crippen LogP contribution in [0.3, 0.4) is 0 Å². The molecule has 0 aliphatic carbocycles. The number of Topliss-reactive ketones (excluding diaryl/α,β-unsaturated/α-hetero) is 1. The van der Waals surface area contributed by atoms with Crippen LogP contribution >= 0.6 is 11.3 Å². The molecule has 1 unspecified atom stereocenters. The number of carbonyl (C=O) groups excluding carboxylic acids is 2. The summed E-state index contributed by atoms with van der Waals surface area (Å²) in [4.78, 5) is 36.3. The zero-order chi connectivity index (χ0) is 23.3. The lowest BCUT2D eigenvalue weighted by Crippen LogP contribution is -2.36. The SMILES string of the molecule is Cc1c(C(=O)C2=C(O)C(=O)N(CCN(C)C)C2c2ccccc2)sc2nc3ccccc3n12. The van der Waals surface area contributed by atoms with E-state index in [2.05, 4.69) is 4.98 Å². The molecule has 7 nitrogen and oxygen atoms in total. The molecule has 0 saturated carbocycles. The Morgan fingerprint density at radius 3 is 2.55 bits per heavy atom. The number of aryl methyl sites for hydroxylation is 1. The molecule has 1 atom stereocenters. The molecule has 1 amide bonds. The normalized spacial score (nSPS) is 16.7. The fraction of sp³-hybridized carbons (Fsp3) is 0.240. The Morgan fingerprint density at radius 2 is 1.82 bits per heavy atom. The number of imidazole rings is 1. The minimum Gasteiger partial charge on any atom is -0.503 e. The number of aliphatic hydroxyl groups excluding tert-OH is 1. The first-order valence-electron chi connectivity index (χ1n) is 10.7. The van der Waals surface area contributed by atoms with Crippen molar-refractivity contribution in [2.24, 2.45) is 0 Å². The minimum atomic E-state index is -0.642. The van der Waals surface area contributed by atoms with Gasteiger partial charge in [-0.1, -0.05) is 53.8 Å². The van der Waals surface area contributed by atoms with Gasteiger partial charge < -0.3 is 14.9 Å². The second kappa shape index (κ2) is 8.13. The van der Waals surface area contributed by atoms with Crippen molar-refractivity contribution in [3.8, 4) is 0 Å². The maximum atomic E-state index is 13.9. The zero-order valence-electron chi connectivity index (χ0n) is 18.6. The summed E-state index contributed by atoms with van der Waals surface area (Å²) in [5.74, 6) is -1.32. The lowest BCUT2D eigenvalue weighted by atomic mass is 9.95. The van der Waals surface area contributed by atoms with Gasteiger partial charge in [-0.2, -0.15) is 0 Å². The van der Waals surface area contributed by atoms with Crippen molar-refractivity contribution in [2.45, 2.75) is 13.0 Å². The number of para-hydroxylation sites is 2. The predicted octanol–water partition coefficient (Wildman–Crippen LogP) is 4.00. The lowest BCUT2D eigenvalue weighted by Gasteiger charge is -2.28. The highest BCUT2D eigenvalue weighted by Crippen LogP contribution is 2.40. The monoisotopic (exact) mass is 460 g/mol. The molecule has 2 aromatic carbocycles. The van der Waals surface area contributed by atoms with Crippen LogP contribution in [0, 0.1) is 6.92 Å². The summed E-state index contributed by atoms with van der Waals surface area (Å²) in [6, 6.07) is 16.5. The van der Waals surface area contributed by atoms with Crippen molar-refractivity contribution >= 4 is 39.0 Å². The van der Waals surface area contributed by atoms with E-state index in [4.69, 9.17) is 0 Å². The van der Waals surface area contributed by atoms with Crippen LogP contribution in [-0.2, 0) is 4.79 Å². The van der Waals surface area contributed by atoms with Gasteiger partial charge in [0.15, 0.2) is 10.7 Å². The zero-order valence-corrected chi connectivity index (χ0v) is 19.5. The number of hydrogen-bond donors (Lipinski definition) is 1. The summed E-state index contributed by atoms with van der Waals surface area (Å²) < 4.78 is 1.96. The first kappa shape index (κ1) is 21.4. The molecule has 168 valence electrons. The average molecular weight is 461 g/mol. The molecule has 4 aromatic rings. The first-order chi connectivity index (χ1) is 15.9. The van der Waals surface area contributed by atoms with E-state index in [0.717, 1.165) is 22.3 Å². The molecule has 0 saturated heterocycles. The lowest BCUT2D eigenvalue weighted by molar-refractivity contribution is -0.129. The van der Waals surface area contributed by atoms with Gasteiger partial charge in [0.05, 0.1) is 27.5 Å². The summed E-state index contributed by atoms with van der Waals surface area (Å²) in [6.45, 7) is 2.88. The smallest absolute Gasteiger partial charge is 0.290 e. The van der Waals surface area contributed by atoms with Gasteiger partial charge in [-0.25, -0.2) is 4.98 Å². The summed E-state index contributed by atoms with van der Waals surface area (Å²) in [5.41, 5.74) is 3.46. The van der Waals surface area contributed by atoms with E-state index < -0.39 is 17.7 Å². The number of benzene rings is 2. The van der Waals surface area contributed by atoms with Crippen LogP contribution in [0.15, 0.2) is 65.9 Å². The molecule has 0 radical (unpaired) electrons. The third-order valence-electron chi connectivity index (χ3n) is 6.05. The molecule has 5 rings (SSSR count). The van der Waals surface area contributed by atoms with Gasteiger partial charge in [0.1, 0.15) is 0 Å². The fourth-order valence-electron chi connectivity index (χ4n) is 4.40. The molecular formula is C25H24N4O3S. The van der Waals surface area contributed by atoms with Gasteiger partial charge >= 0.3 is 0 Å². The molecule has 1 N–H and O–H groups in total. The second-order valence-electron chi connectivity index (χ2n) is 8.44. The number of carbonyl (C=O) groups is 2. The highest BCUT2D eigenvalue weighted by atomic mass is 32.1. The molecule has 0 fully saturated rings. The summed E-state index contributed by atoms with van der Waals surface area (Å²) >= 11 is 1.28. The average Bonchev–Trinajstić information content (AvgIpc) is 3.42. The van der Waals surface area contributed by atoms with Crippen LogP contribution < -0.4 is 0 Å². The summed E-state index contributed by atoms with van der Waals surface area (Å²) in [7, 11) is 3.85. The molecule has 0 spiro atoms.